The van der Waals surface area contributed by atoms with Crippen LogP contribution in [0, 0.1) is 6.92 Å². The van der Waals surface area contributed by atoms with Crippen LogP contribution < -0.4 is 5.32 Å². The third-order valence-corrected chi connectivity index (χ3v) is 3.51. The normalized spacial score (nSPS) is 11.7. The molecule has 0 bridgehead atoms. The molecule has 0 saturated carbocycles. The van der Waals surface area contributed by atoms with Gasteiger partial charge in [0, 0.05) is 11.9 Å². The summed E-state index contributed by atoms with van der Waals surface area (Å²) in [6.07, 6.45) is -2.90. The number of nitrogens with one attached hydrogen (secondary N) is 1. The first-order chi connectivity index (χ1) is 10.9. The number of fused-ring (bicyclic) bond motifs is 1. The van der Waals surface area contributed by atoms with Crippen molar-refractivity contribution in [2.75, 3.05) is 5.32 Å². The molecule has 23 heavy (non-hydrogen) atoms. The highest BCUT2D eigenvalue weighted by molar-refractivity contribution is 5.89. The summed E-state index contributed by atoms with van der Waals surface area (Å²) in [4.78, 5) is 8.37. The van der Waals surface area contributed by atoms with Crippen LogP contribution in [0.5, 0.6) is 0 Å². The Morgan fingerprint density at radius 3 is 2.65 bits per heavy atom. The largest absolute Gasteiger partial charge is 0.416 e. The highest BCUT2D eigenvalue weighted by Crippen LogP contribution is 2.29. The lowest BCUT2D eigenvalue weighted by atomic mass is 10.1. The van der Waals surface area contributed by atoms with Gasteiger partial charge in [0.2, 0.25) is 0 Å². The van der Waals surface area contributed by atoms with E-state index in [4.69, 9.17) is 0 Å². The van der Waals surface area contributed by atoms with Crippen molar-refractivity contribution in [3.05, 3.63) is 65.5 Å². The van der Waals surface area contributed by atoms with Crippen LogP contribution >= 0.6 is 0 Å². The van der Waals surface area contributed by atoms with E-state index in [1.54, 1.807) is 6.07 Å². The zero-order valence-electron chi connectivity index (χ0n) is 12.4. The highest BCUT2D eigenvalue weighted by Gasteiger charge is 2.30. The highest BCUT2D eigenvalue weighted by atomic mass is 19.4. The summed E-state index contributed by atoms with van der Waals surface area (Å²) >= 11 is 0. The minimum atomic E-state index is -4.34. The number of hydrogen-bond acceptors (Lipinski definition) is 3. The lowest BCUT2D eigenvalue weighted by molar-refractivity contribution is -0.137. The first kappa shape index (κ1) is 15.3. The average Bonchev–Trinajstić information content (AvgIpc) is 2.52. The molecule has 2 aromatic carbocycles. The maximum Gasteiger partial charge on any atom is 0.416 e. The Labute approximate surface area is 131 Å². The number of nitrogens with zero attached hydrogens (tertiary/aromatic N) is 2. The minimum absolute atomic E-state index is 0.254. The molecule has 0 atom stereocenters. The summed E-state index contributed by atoms with van der Waals surface area (Å²) < 4.78 is 38.2. The van der Waals surface area contributed by atoms with E-state index >= 15 is 0 Å². The van der Waals surface area contributed by atoms with Gasteiger partial charge in [-0.15, -0.1) is 0 Å². The molecule has 3 aromatic rings. The van der Waals surface area contributed by atoms with E-state index in [9.17, 15) is 13.2 Å². The van der Waals surface area contributed by atoms with Gasteiger partial charge in [0.25, 0.3) is 0 Å². The summed E-state index contributed by atoms with van der Waals surface area (Å²) in [5, 5.41) is 3.94. The number of rotatable bonds is 3. The Kier molecular flexibility index (Phi) is 3.90. The third kappa shape index (κ3) is 3.41. The van der Waals surface area contributed by atoms with Crippen LogP contribution in [0.25, 0.3) is 10.9 Å². The number of anilines is 1. The Hall–Kier alpha value is -2.63. The molecule has 0 fully saturated rings. The van der Waals surface area contributed by atoms with Gasteiger partial charge in [0.05, 0.1) is 11.1 Å². The lowest BCUT2D eigenvalue weighted by Gasteiger charge is -2.11. The quantitative estimate of drug-likeness (QED) is 0.769. The lowest BCUT2D eigenvalue weighted by Crippen LogP contribution is -2.07. The monoisotopic (exact) mass is 317 g/mol. The van der Waals surface area contributed by atoms with Gasteiger partial charge in [0.1, 0.15) is 12.1 Å². The van der Waals surface area contributed by atoms with Crippen LogP contribution in [-0.2, 0) is 12.7 Å². The van der Waals surface area contributed by atoms with Crippen LogP contribution in [0.15, 0.2) is 48.8 Å². The van der Waals surface area contributed by atoms with E-state index in [2.05, 4.69) is 15.3 Å². The zero-order valence-corrected chi connectivity index (χ0v) is 12.4. The van der Waals surface area contributed by atoms with Crippen molar-refractivity contribution >= 4 is 16.7 Å². The molecule has 0 saturated heterocycles. The van der Waals surface area contributed by atoms with Gasteiger partial charge in [-0.2, -0.15) is 13.2 Å². The molecular formula is C17H14F3N3. The van der Waals surface area contributed by atoms with Crippen molar-refractivity contribution in [1.82, 2.24) is 9.97 Å². The Morgan fingerprint density at radius 1 is 1.04 bits per heavy atom. The Morgan fingerprint density at radius 2 is 1.87 bits per heavy atom. The predicted molar refractivity (Wildman–Crippen MR) is 83.0 cm³/mol. The van der Waals surface area contributed by atoms with Crippen molar-refractivity contribution < 1.29 is 13.2 Å². The smallest absolute Gasteiger partial charge is 0.365 e. The summed E-state index contributed by atoms with van der Waals surface area (Å²) in [5.41, 5.74) is 1.74. The van der Waals surface area contributed by atoms with Crippen molar-refractivity contribution in [3.8, 4) is 0 Å². The summed E-state index contributed by atoms with van der Waals surface area (Å²) in [7, 11) is 0. The molecule has 0 aliphatic carbocycles. The average molecular weight is 317 g/mol. The van der Waals surface area contributed by atoms with E-state index in [0.717, 1.165) is 28.6 Å². The molecule has 0 spiro atoms. The Bertz CT molecular complexity index is 844. The van der Waals surface area contributed by atoms with Gasteiger partial charge >= 0.3 is 6.18 Å². The summed E-state index contributed by atoms with van der Waals surface area (Å²) in [6.45, 7) is 2.22. The topological polar surface area (TPSA) is 37.8 Å². The fourth-order valence-electron chi connectivity index (χ4n) is 2.35. The summed E-state index contributed by atoms with van der Waals surface area (Å²) in [6, 6.07) is 11.0. The second-order valence-corrected chi connectivity index (χ2v) is 5.29. The number of aromatic nitrogens is 2. The second-order valence-electron chi connectivity index (χ2n) is 5.29. The van der Waals surface area contributed by atoms with E-state index in [1.807, 2.05) is 25.1 Å². The molecular weight excluding hydrogens is 303 g/mol. The van der Waals surface area contributed by atoms with Crippen LogP contribution in [0.1, 0.15) is 16.7 Å². The van der Waals surface area contributed by atoms with Gasteiger partial charge in [-0.25, -0.2) is 9.97 Å². The molecule has 1 aromatic heterocycles. The van der Waals surface area contributed by atoms with Crippen LogP contribution in [0.3, 0.4) is 0 Å². The fraction of sp³-hybridized carbons (Fsp3) is 0.176. The molecule has 0 amide bonds. The molecule has 0 radical (unpaired) electrons. The summed E-state index contributed by atoms with van der Waals surface area (Å²) in [5.74, 6) is 0.608. The van der Waals surface area contributed by atoms with Gasteiger partial charge in [-0.1, -0.05) is 23.8 Å². The van der Waals surface area contributed by atoms with E-state index in [-0.39, 0.29) is 6.54 Å². The van der Waals surface area contributed by atoms with Crippen LogP contribution in [0.4, 0.5) is 19.0 Å². The number of alkyl halides is 3. The molecule has 118 valence electrons. The van der Waals surface area contributed by atoms with Crippen LogP contribution in [0.2, 0.25) is 0 Å². The van der Waals surface area contributed by atoms with E-state index in [1.165, 1.54) is 12.4 Å². The first-order valence-electron chi connectivity index (χ1n) is 7.05. The molecule has 0 aliphatic rings. The number of benzene rings is 2. The van der Waals surface area contributed by atoms with Gasteiger partial charge < -0.3 is 5.32 Å². The number of aryl methyl sites for hydroxylation is 1. The van der Waals surface area contributed by atoms with Crippen LogP contribution in [-0.4, -0.2) is 9.97 Å². The third-order valence-electron chi connectivity index (χ3n) is 3.51. The maximum absolute atomic E-state index is 12.7. The van der Waals surface area contributed by atoms with E-state index < -0.39 is 11.7 Å². The van der Waals surface area contributed by atoms with Crippen molar-refractivity contribution in [2.45, 2.75) is 19.6 Å². The zero-order chi connectivity index (χ0) is 16.4. The Balaban J connectivity index is 1.85. The SMILES string of the molecule is Cc1ccc2ncnc(NCc3cccc(C(F)(F)F)c3)c2c1. The van der Waals surface area contributed by atoms with Crippen molar-refractivity contribution in [3.63, 3.8) is 0 Å². The standard InChI is InChI=1S/C17H14F3N3/c1-11-5-6-15-14(7-11)16(23-10-22-15)21-9-12-3-2-4-13(8-12)17(18,19)20/h2-8,10H,9H2,1H3,(H,21,22,23). The van der Waals surface area contributed by atoms with Gasteiger partial charge in [0.15, 0.2) is 0 Å². The molecule has 1 N–H and O–H groups in total. The maximum atomic E-state index is 12.7. The first-order valence-corrected chi connectivity index (χ1v) is 7.05. The number of hydrogen-bond donors (Lipinski definition) is 1. The number of halogens is 3. The molecule has 3 nitrogen and oxygen atoms in total. The molecule has 0 aliphatic heterocycles. The molecule has 6 heteroatoms. The minimum Gasteiger partial charge on any atom is -0.365 e. The van der Waals surface area contributed by atoms with E-state index in [0.29, 0.717) is 11.4 Å². The molecule has 0 unspecified atom stereocenters. The van der Waals surface area contributed by atoms with Gasteiger partial charge in [-0.05, 0) is 36.8 Å². The predicted octanol–water partition coefficient (Wildman–Crippen LogP) is 4.57. The molecule has 3 rings (SSSR count). The van der Waals surface area contributed by atoms with Crippen molar-refractivity contribution in [1.29, 1.82) is 0 Å². The second kappa shape index (κ2) is 5.87. The fourth-order valence-corrected chi connectivity index (χ4v) is 2.35. The van der Waals surface area contributed by atoms with Gasteiger partial charge in [-0.3, -0.25) is 0 Å². The molecule has 1 heterocycles. The van der Waals surface area contributed by atoms with Crippen molar-refractivity contribution in [2.24, 2.45) is 0 Å².